The van der Waals surface area contributed by atoms with Gasteiger partial charge in [0.2, 0.25) is 0 Å². The summed E-state index contributed by atoms with van der Waals surface area (Å²) in [5.74, 6) is -0.310. The normalized spacial score (nSPS) is 14.5. The summed E-state index contributed by atoms with van der Waals surface area (Å²) >= 11 is 0. The lowest BCUT2D eigenvalue weighted by atomic mass is 10.2. The van der Waals surface area contributed by atoms with Gasteiger partial charge in [-0.05, 0) is 31.5 Å². The van der Waals surface area contributed by atoms with E-state index in [0.717, 1.165) is 0 Å². The Morgan fingerprint density at radius 1 is 1.56 bits per heavy atom. The second kappa shape index (κ2) is 5.30. The van der Waals surface area contributed by atoms with Gasteiger partial charge in [-0.1, -0.05) is 0 Å². The minimum Gasteiger partial charge on any atom is -0.397 e. The maximum Gasteiger partial charge on any atom is 0.128 e. The number of nitrogen functional groups attached to an aromatic ring is 1. The number of rotatable bonds is 4. The summed E-state index contributed by atoms with van der Waals surface area (Å²) in [7, 11) is -0.878. The molecule has 0 bridgehead atoms. The van der Waals surface area contributed by atoms with Gasteiger partial charge in [0.15, 0.2) is 0 Å². The smallest absolute Gasteiger partial charge is 0.128 e. The van der Waals surface area contributed by atoms with Gasteiger partial charge in [-0.2, -0.15) is 0 Å². The largest absolute Gasteiger partial charge is 0.397 e. The first kappa shape index (κ1) is 13.0. The second-order valence-corrected chi connectivity index (χ2v) is 5.68. The molecule has 1 rings (SSSR count). The molecule has 0 heterocycles. The van der Waals surface area contributed by atoms with Gasteiger partial charge in [-0.15, -0.1) is 0 Å². The zero-order valence-corrected chi connectivity index (χ0v) is 10.5. The van der Waals surface area contributed by atoms with Gasteiger partial charge in [-0.3, -0.25) is 4.21 Å². The van der Waals surface area contributed by atoms with Crippen LogP contribution in [0.3, 0.4) is 0 Å². The Morgan fingerprint density at radius 3 is 2.75 bits per heavy atom. The summed E-state index contributed by atoms with van der Waals surface area (Å²) in [6.07, 6.45) is 1.66. The minimum atomic E-state index is -0.878. The highest BCUT2D eigenvalue weighted by atomic mass is 32.2. The molecule has 0 spiro atoms. The van der Waals surface area contributed by atoms with E-state index in [1.165, 1.54) is 6.07 Å². The fourth-order valence-electron chi connectivity index (χ4n) is 1.22. The van der Waals surface area contributed by atoms with E-state index in [1.807, 2.05) is 6.92 Å². The zero-order valence-electron chi connectivity index (χ0n) is 9.71. The molecule has 0 saturated carbocycles. The third kappa shape index (κ3) is 3.20. The number of anilines is 2. The van der Waals surface area contributed by atoms with E-state index in [9.17, 15) is 8.60 Å². The highest BCUT2D eigenvalue weighted by molar-refractivity contribution is 7.84. The predicted octanol–water partition coefficient (Wildman–Crippen LogP) is 1.90. The van der Waals surface area contributed by atoms with Gasteiger partial charge >= 0.3 is 0 Å². The van der Waals surface area contributed by atoms with Gasteiger partial charge in [-0.25, -0.2) is 4.39 Å². The van der Waals surface area contributed by atoms with Crippen LogP contribution in [-0.4, -0.2) is 22.3 Å². The van der Waals surface area contributed by atoms with E-state index in [-0.39, 0.29) is 11.1 Å². The standard InChI is InChI=1S/C11H17FN2OS/c1-7-4-11(10(13)5-9(7)12)14-6-8(2)16(3)15/h4-5,8,14H,6,13H2,1-3H3. The number of aryl methyl sites for hydroxylation is 1. The Morgan fingerprint density at radius 2 is 2.19 bits per heavy atom. The molecule has 5 heteroatoms. The van der Waals surface area contributed by atoms with Crippen molar-refractivity contribution >= 4 is 22.2 Å². The lowest BCUT2D eigenvalue weighted by Gasteiger charge is -2.13. The lowest BCUT2D eigenvalue weighted by molar-refractivity contribution is 0.619. The number of hydrogen-bond donors (Lipinski definition) is 2. The van der Waals surface area contributed by atoms with Crippen LogP contribution >= 0.6 is 0 Å². The average Bonchev–Trinajstić information content (AvgIpc) is 2.20. The van der Waals surface area contributed by atoms with Gasteiger partial charge in [0.05, 0.1) is 11.4 Å². The Kier molecular flexibility index (Phi) is 4.29. The fourth-order valence-corrected chi connectivity index (χ4v) is 1.54. The highest BCUT2D eigenvalue weighted by Crippen LogP contribution is 2.22. The lowest BCUT2D eigenvalue weighted by Crippen LogP contribution is -2.21. The molecule has 2 unspecified atom stereocenters. The van der Waals surface area contributed by atoms with Crippen LogP contribution in [0.2, 0.25) is 0 Å². The molecule has 2 atom stereocenters. The van der Waals surface area contributed by atoms with Gasteiger partial charge in [0.1, 0.15) is 5.82 Å². The number of hydrogen-bond acceptors (Lipinski definition) is 3. The maximum absolute atomic E-state index is 13.1. The van der Waals surface area contributed by atoms with Crippen LogP contribution in [-0.2, 0) is 10.8 Å². The number of halogens is 1. The van der Waals surface area contributed by atoms with Crippen LogP contribution in [0, 0.1) is 12.7 Å². The first-order valence-electron chi connectivity index (χ1n) is 5.03. The third-order valence-corrected chi connectivity index (χ3v) is 3.78. The van der Waals surface area contributed by atoms with E-state index in [1.54, 1.807) is 19.2 Å². The van der Waals surface area contributed by atoms with E-state index >= 15 is 0 Å². The maximum atomic E-state index is 13.1. The van der Waals surface area contributed by atoms with Gasteiger partial charge < -0.3 is 11.1 Å². The molecule has 3 nitrogen and oxygen atoms in total. The summed E-state index contributed by atoms with van der Waals surface area (Å²) in [4.78, 5) is 0. The van der Waals surface area contributed by atoms with E-state index in [0.29, 0.717) is 23.5 Å². The molecule has 3 N–H and O–H groups in total. The monoisotopic (exact) mass is 244 g/mol. The van der Waals surface area contributed by atoms with Crippen molar-refractivity contribution < 1.29 is 8.60 Å². The summed E-state index contributed by atoms with van der Waals surface area (Å²) in [6.45, 7) is 4.12. The number of benzene rings is 1. The highest BCUT2D eigenvalue weighted by Gasteiger charge is 2.08. The van der Waals surface area contributed by atoms with Gasteiger partial charge in [0, 0.05) is 28.9 Å². The summed E-state index contributed by atoms with van der Waals surface area (Å²) in [5, 5.41) is 3.11. The second-order valence-electron chi connectivity index (χ2n) is 3.88. The first-order valence-corrected chi connectivity index (χ1v) is 6.65. The van der Waals surface area contributed by atoms with Crippen molar-refractivity contribution in [3.63, 3.8) is 0 Å². The van der Waals surface area contributed by atoms with Crippen LogP contribution < -0.4 is 11.1 Å². The van der Waals surface area contributed by atoms with Crippen LogP contribution in [0.25, 0.3) is 0 Å². The average molecular weight is 244 g/mol. The third-order valence-electron chi connectivity index (χ3n) is 2.48. The van der Waals surface area contributed by atoms with Crippen molar-refractivity contribution in [3.8, 4) is 0 Å². The molecule has 0 aromatic heterocycles. The van der Waals surface area contributed by atoms with E-state index in [2.05, 4.69) is 5.32 Å². The topological polar surface area (TPSA) is 55.1 Å². The van der Waals surface area contributed by atoms with Crippen LogP contribution in [0.15, 0.2) is 12.1 Å². The van der Waals surface area contributed by atoms with Crippen molar-refractivity contribution in [1.29, 1.82) is 0 Å². The van der Waals surface area contributed by atoms with E-state index in [4.69, 9.17) is 5.73 Å². The Hall–Kier alpha value is -1.10. The predicted molar refractivity (Wildman–Crippen MR) is 67.6 cm³/mol. The van der Waals surface area contributed by atoms with Crippen molar-refractivity contribution in [2.75, 3.05) is 23.9 Å². The Bertz CT molecular complexity index is 409. The fraction of sp³-hybridized carbons (Fsp3) is 0.455. The number of nitrogens with one attached hydrogen (secondary N) is 1. The molecule has 0 aliphatic heterocycles. The summed E-state index contributed by atoms with van der Waals surface area (Å²) in [6, 6.07) is 2.96. The molecule has 0 radical (unpaired) electrons. The summed E-state index contributed by atoms with van der Waals surface area (Å²) in [5.41, 5.74) is 7.28. The molecule has 0 aliphatic carbocycles. The van der Waals surface area contributed by atoms with E-state index < -0.39 is 10.8 Å². The van der Waals surface area contributed by atoms with Crippen molar-refractivity contribution in [1.82, 2.24) is 0 Å². The Balaban J connectivity index is 2.74. The molecule has 0 saturated heterocycles. The molecule has 1 aromatic rings. The van der Waals surface area contributed by atoms with Crippen LogP contribution in [0.1, 0.15) is 12.5 Å². The first-order chi connectivity index (χ1) is 7.41. The molecule has 1 aromatic carbocycles. The molecular weight excluding hydrogens is 227 g/mol. The molecular formula is C11H17FN2OS. The molecule has 0 amide bonds. The zero-order chi connectivity index (χ0) is 12.3. The quantitative estimate of drug-likeness (QED) is 0.795. The van der Waals surface area contributed by atoms with Crippen molar-refractivity contribution in [2.45, 2.75) is 19.1 Å². The van der Waals surface area contributed by atoms with Crippen LogP contribution in [0.4, 0.5) is 15.8 Å². The SMILES string of the molecule is Cc1cc(NCC(C)S(C)=O)c(N)cc1F. The van der Waals surface area contributed by atoms with Crippen LogP contribution in [0.5, 0.6) is 0 Å². The molecule has 90 valence electrons. The number of nitrogens with two attached hydrogens (primary N) is 1. The summed E-state index contributed by atoms with van der Waals surface area (Å²) < 4.78 is 24.3. The van der Waals surface area contributed by atoms with Crippen molar-refractivity contribution in [3.05, 3.63) is 23.5 Å². The molecule has 0 aliphatic rings. The molecule has 0 fully saturated rings. The minimum absolute atomic E-state index is 0.0322. The Labute approximate surface area is 97.7 Å². The van der Waals surface area contributed by atoms with Crippen molar-refractivity contribution in [2.24, 2.45) is 0 Å². The molecule has 16 heavy (non-hydrogen) atoms. The van der Waals surface area contributed by atoms with Gasteiger partial charge in [0.25, 0.3) is 0 Å².